The van der Waals surface area contributed by atoms with Gasteiger partial charge in [-0.1, -0.05) is 20.8 Å². The zero-order chi connectivity index (χ0) is 12.2. The highest BCUT2D eigenvalue weighted by Crippen LogP contribution is 2.21. The van der Waals surface area contributed by atoms with Gasteiger partial charge in [0.15, 0.2) is 5.78 Å². The zero-order valence-electron chi connectivity index (χ0n) is 10.3. The molecular formula is C11H20O4. The van der Waals surface area contributed by atoms with Crippen molar-refractivity contribution in [3.8, 4) is 0 Å². The predicted molar refractivity (Wildman–Crippen MR) is 56.4 cm³/mol. The molecule has 0 amide bonds. The van der Waals surface area contributed by atoms with Gasteiger partial charge in [0.2, 0.25) is 6.29 Å². The summed E-state index contributed by atoms with van der Waals surface area (Å²) in [7, 11) is 2.75. The van der Waals surface area contributed by atoms with Crippen molar-refractivity contribution in [2.45, 2.75) is 34.0 Å². The lowest BCUT2D eigenvalue weighted by atomic mass is 9.82. The fraction of sp³-hybridized carbons (Fsp3) is 0.818. The fourth-order valence-corrected chi connectivity index (χ4v) is 1.31. The highest BCUT2D eigenvalue weighted by molar-refractivity contribution is 6.05. The normalized spacial score (nSPS) is 14.1. The molecule has 0 spiro atoms. The molecule has 4 nitrogen and oxygen atoms in total. The first-order valence-corrected chi connectivity index (χ1v) is 4.89. The average molecular weight is 216 g/mol. The minimum Gasteiger partial charge on any atom is -0.349 e. The molecule has 0 aliphatic heterocycles. The third kappa shape index (κ3) is 3.72. The average Bonchev–Trinajstić information content (AvgIpc) is 2.15. The van der Waals surface area contributed by atoms with Crippen LogP contribution in [0.2, 0.25) is 0 Å². The summed E-state index contributed by atoms with van der Waals surface area (Å²) in [5, 5.41) is 0. The van der Waals surface area contributed by atoms with Gasteiger partial charge in [-0.3, -0.25) is 9.59 Å². The van der Waals surface area contributed by atoms with E-state index in [0.29, 0.717) is 0 Å². The van der Waals surface area contributed by atoms with Gasteiger partial charge >= 0.3 is 0 Å². The lowest BCUT2D eigenvalue weighted by Crippen LogP contribution is -2.38. The standard InChI is InChI=1S/C11H20O4/c1-7(9(13)11(2,3)4)8(12)10(14-5)15-6/h7,10H,1-6H3. The number of hydrogen-bond donors (Lipinski definition) is 0. The first kappa shape index (κ1) is 14.3. The molecule has 88 valence electrons. The maximum Gasteiger partial charge on any atom is 0.218 e. The number of hydrogen-bond acceptors (Lipinski definition) is 4. The second-order valence-corrected chi connectivity index (χ2v) is 4.54. The van der Waals surface area contributed by atoms with Crippen molar-refractivity contribution in [3.63, 3.8) is 0 Å². The quantitative estimate of drug-likeness (QED) is 0.515. The number of rotatable bonds is 5. The maximum absolute atomic E-state index is 11.8. The molecule has 0 saturated heterocycles. The smallest absolute Gasteiger partial charge is 0.218 e. The maximum atomic E-state index is 11.8. The molecule has 0 bridgehead atoms. The number of methoxy groups -OCH3 is 2. The van der Waals surface area contributed by atoms with Crippen molar-refractivity contribution >= 4 is 11.6 Å². The molecule has 0 rings (SSSR count). The first-order valence-electron chi connectivity index (χ1n) is 4.89. The summed E-state index contributed by atoms with van der Waals surface area (Å²) in [5.41, 5.74) is -0.527. The summed E-state index contributed by atoms with van der Waals surface area (Å²) in [5.74, 6) is -1.14. The molecule has 0 aromatic carbocycles. The first-order chi connectivity index (χ1) is 6.75. The lowest BCUT2D eigenvalue weighted by Gasteiger charge is -2.23. The van der Waals surface area contributed by atoms with E-state index in [1.54, 1.807) is 27.7 Å². The fourth-order valence-electron chi connectivity index (χ4n) is 1.31. The molecule has 0 aliphatic rings. The Morgan fingerprint density at radius 2 is 1.47 bits per heavy atom. The van der Waals surface area contributed by atoms with Crippen LogP contribution in [-0.4, -0.2) is 32.1 Å². The molecule has 0 aliphatic carbocycles. The Morgan fingerprint density at radius 1 is 1.07 bits per heavy atom. The van der Waals surface area contributed by atoms with E-state index >= 15 is 0 Å². The molecular weight excluding hydrogens is 196 g/mol. The van der Waals surface area contributed by atoms with Gasteiger partial charge in [-0.25, -0.2) is 0 Å². The molecule has 1 unspecified atom stereocenters. The molecule has 0 aromatic rings. The van der Waals surface area contributed by atoms with Gasteiger partial charge in [0, 0.05) is 19.6 Å². The van der Waals surface area contributed by atoms with E-state index in [1.165, 1.54) is 14.2 Å². The predicted octanol–water partition coefficient (Wildman–Crippen LogP) is 1.43. The van der Waals surface area contributed by atoms with Crippen molar-refractivity contribution in [1.82, 2.24) is 0 Å². The number of ketones is 2. The SMILES string of the molecule is COC(OC)C(=O)C(C)C(=O)C(C)(C)C. The van der Waals surface area contributed by atoms with E-state index in [1.807, 2.05) is 0 Å². The van der Waals surface area contributed by atoms with Crippen molar-refractivity contribution in [2.75, 3.05) is 14.2 Å². The molecule has 15 heavy (non-hydrogen) atoms. The van der Waals surface area contributed by atoms with Crippen LogP contribution in [0.1, 0.15) is 27.7 Å². The summed E-state index contributed by atoms with van der Waals surface area (Å²) in [6.45, 7) is 6.94. The molecule has 0 radical (unpaired) electrons. The second-order valence-electron chi connectivity index (χ2n) is 4.54. The second kappa shape index (κ2) is 5.37. The van der Waals surface area contributed by atoms with Crippen molar-refractivity contribution in [2.24, 2.45) is 11.3 Å². The summed E-state index contributed by atoms with van der Waals surface area (Å²) >= 11 is 0. The van der Waals surface area contributed by atoms with Gasteiger partial charge in [0.05, 0.1) is 5.92 Å². The minimum absolute atomic E-state index is 0.105. The van der Waals surface area contributed by atoms with Crippen LogP contribution in [0.4, 0.5) is 0 Å². The Bertz CT molecular complexity index is 235. The molecule has 0 heterocycles. The van der Waals surface area contributed by atoms with E-state index in [0.717, 1.165) is 0 Å². The van der Waals surface area contributed by atoms with Gasteiger partial charge in [-0.15, -0.1) is 0 Å². The topological polar surface area (TPSA) is 52.6 Å². The van der Waals surface area contributed by atoms with Crippen LogP contribution in [-0.2, 0) is 19.1 Å². The molecule has 0 fully saturated rings. The highest BCUT2D eigenvalue weighted by Gasteiger charge is 2.34. The monoisotopic (exact) mass is 216 g/mol. The number of Topliss-reactive ketones (excluding diaryl/α,β-unsaturated/α-hetero) is 2. The van der Waals surface area contributed by atoms with E-state index in [-0.39, 0.29) is 11.6 Å². The van der Waals surface area contributed by atoms with E-state index < -0.39 is 17.6 Å². The van der Waals surface area contributed by atoms with Gasteiger partial charge in [0.25, 0.3) is 0 Å². The third-order valence-corrected chi connectivity index (χ3v) is 2.22. The van der Waals surface area contributed by atoms with Crippen LogP contribution >= 0.6 is 0 Å². The highest BCUT2D eigenvalue weighted by atomic mass is 16.7. The summed E-state index contributed by atoms with van der Waals surface area (Å²) in [4.78, 5) is 23.5. The summed E-state index contributed by atoms with van der Waals surface area (Å²) in [6, 6.07) is 0. The van der Waals surface area contributed by atoms with Gasteiger partial charge in [-0.2, -0.15) is 0 Å². The Labute approximate surface area is 90.9 Å². The Hall–Kier alpha value is -0.740. The molecule has 0 aromatic heterocycles. The van der Waals surface area contributed by atoms with Crippen LogP contribution in [0.25, 0.3) is 0 Å². The van der Waals surface area contributed by atoms with E-state index in [2.05, 4.69) is 0 Å². The molecule has 1 atom stereocenters. The van der Waals surface area contributed by atoms with Crippen molar-refractivity contribution < 1.29 is 19.1 Å². The third-order valence-electron chi connectivity index (χ3n) is 2.22. The molecule has 4 heteroatoms. The van der Waals surface area contributed by atoms with Crippen LogP contribution in [0.5, 0.6) is 0 Å². The van der Waals surface area contributed by atoms with Crippen molar-refractivity contribution in [1.29, 1.82) is 0 Å². The van der Waals surface area contributed by atoms with E-state index in [9.17, 15) is 9.59 Å². The van der Waals surface area contributed by atoms with Crippen molar-refractivity contribution in [3.05, 3.63) is 0 Å². The summed E-state index contributed by atoms with van der Waals surface area (Å²) < 4.78 is 9.64. The Balaban J connectivity index is 4.65. The van der Waals surface area contributed by atoms with Gasteiger partial charge in [0.1, 0.15) is 5.78 Å². The largest absolute Gasteiger partial charge is 0.349 e. The number of ether oxygens (including phenoxy) is 2. The van der Waals surface area contributed by atoms with Gasteiger partial charge < -0.3 is 9.47 Å². The van der Waals surface area contributed by atoms with Gasteiger partial charge in [-0.05, 0) is 6.92 Å². The molecule has 0 N–H and O–H groups in total. The molecule has 0 saturated carbocycles. The zero-order valence-corrected chi connectivity index (χ0v) is 10.3. The van der Waals surface area contributed by atoms with Crippen LogP contribution in [0.15, 0.2) is 0 Å². The van der Waals surface area contributed by atoms with E-state index in [4.69, 9.17) is 9.47 Å². The van der Waals surface area contributed by atoms with Crippen LogP contribution in [0, 0.1) is 11.3 Å². The lowest BCUT2D eigenvalue weighted by molar-refractivity contribution is -0.163. The Morgan fingerprint density at radius 3 is 1.73 bits per heavy atom. The Kier molecular flexibility index (Phi) is 5.11. The number of carbonyl (C=O) groups excluding carboxylic acids is 2. The summed E-state index contributed by atoms with van der Waals surface area (Å²) in [6.07, 6.45) is -0.953. The van der Waals surface area contributed by atoms with Crippen LogP contribution in [0.3, 0.4) is 0 Å². The van der Waals surface area contributed by atoms with Crippen LogP contribution < -0.4 is 0 Å². The number of carbonyl (C=O) groups is 2. The minimum atomic E-state index is -0.953.